The Morgan fingerprint density at radius 3 is 2.38 bits per heavy atom. The number of alkyl halides is 3. The molecule has 0 aliphatic carbocycles. The van der Waals surface area contributed by atoms with Crippen molar-refractivity contribution in [3.8, 4) is 5.69 Å². The molecule has 0 unspecified atom stereocenters. The number of aromatic nitrogens is 2. The zero-order valence-electron chi connectivity index (χ0n) is 14.4. The van der Waals surface area contributed by atoms with Gasteiger partial charge in [-0.25, -0.2) is 0 Å². The molecule has 0 aliphatic heterocycles. The predicted octanol–water partition coefficient (Wildman–Crippen LogP) is 3.41. The van der Waals surface area contributed by atoms with Crippen molar-refractivity contribution in [3.05, 3.63) is 92.4 Å². The first-order chi connectivity index (χ1) is 13.7. The molecule has 1 amide bonds. The minimum atomic E-state index is -4.98. The molecule has 0 spiro atoms. The fourth-order valence-corrected chi connectivity index (χ4v) is 2.48. The zero-order valence-corrected chi connectivity index (χ0v) is 14.4. The number of nitrogens with one attached hydrogen (secondary N) is 1. The summed E-state index contributed by atoms with van der Waals surface area (Å²) >= 11 is 0. The van der Waals surface area contributed by atoms with E-state index in [0.717, 1.165) is 22.9 Å². The number of nitro groups is 1. The molecular weight excluding hydrogens is 393 g/mol. The number of anilines is 1. The van der Waals surface area contributed by atoms with Crippen LogP contribution in [0.5, 0.6) is 0 Å². The van der Waals surface area contributed by atoms with Crippen LogP contribution in [0.3, 0.4) is 0 Å². The summed E-state index contributed by atoms with van der Waals surface area (Å²) in [7, 11) is 0. The summed E-state index contributed by atoms with van der Waals surface area (Å²) in [6.07, 6.45) is -4.98. The average molecular weight is 404 g/mol. The van der Waals surface area contributed by atoms with Crippen molar-refractivity contribution >= 4 is 17.3 Å². The van der Waals surface area contributed by atoms with Gasteiger partial charge in [-0.2, -0.15) is 23.0 Å². The van der Waals surface area contributed by atoms with Gasteiger partial charge in [-0.1, -0.05) is 18.2 Å². The molecule has 0 radical (unpaired) electrons. The molecule has 1 heterocycles. The number of carbonyl (C=O) groups is 1. The lowest BCUT2D eigenvalue weighted by Crippen LogP contribution is -2.25. The Labute approximate surface area is 160 Å². The maximum atomic E-state index is 13.1. The Balaban J connectivity index is 1.93. The highest BCUT2D eigenvalue weighted by molar-refractivity contribution is 6.02. The molecule has 0 fully saturated rings. The maximum Gasteiger partial charge on any atom is 0.423 e. The maximum absolute atomic E-state index is 13.1. The molecule has 148 valence electrons. The van der Waals surface area contributed by atoms with Gasteiger partial charge in [-0.05, 0) is 30.3 Å². The first-order valence-corrected chi connectivity index (χ1v) is 7.99. The van der Waals surface area contributed by atoms with Crippen LogP contribution in [0.25, 0.3) is 5.69 Å². The molecule has 1 N–H and O–H groups in total. The van der Waals surface area contributed by atoms with Crippen molar-refractivity contribution in [3.63, 3.8) is 0 Å². The third-order valence-electron chi connectivity index (χ3n) is 3.79. The van der Waals surface area contributed by atoms with Crippen molar-refractivity contribution in [2.45, 2.75) is 6.18 Å². The van der Waals surface area contributed by atoms with E-state index in [4.69, 9.17) is 0 Å². The summed E-state index contributed by atoms with van der Waals surface area (Å²) in [6, 6.07) is 12.5. The number of benzene rings is 2. The van der Waals surface area contributed by atoms with E-state index in [-0.39, 0.29) is 11.4 Å². The van der Waals surface area contributed by atoms with Crippen LogP contribution in [0, 0.1) is 10.1 Å². The van der Waals surface area contributed by atoms with Crippen molar-refractivity contribution in [1.82, 2.24) is 9.78 Å². The summed E-state index contributed by atoms with van der Waals surface area (Å²) < 4.78 is 40.2. The van der Waals surface area contributed by atoms with Gasteiger partial charge in [-0.15, -0.1) is 0 Å². The Hall–Kier alpha value is -4.02. The number of hydrogen-bond donors (Lipinski definition) is 1. The van der Waals surface area contributed by atoms with Gasteiger partial charge in [0.15, 0.2) is 0 Å². The van der Waals surface area contributed by atoms with Crippen LogP contribution in [-0.2, 0) is 6.18 Å². The molecule has 8 nitrogen and oxygen atoms in total. The van der Waals surface area contributed by atoms with Gasteiger partial charge in [0.05, 0.1) is 10.6 Å². The van der Waals surface area contributed by atoms with E-state index in [1.165, 1.54) is 0 Å². The zero-order chi connectivity index (χ0) is 21.2. The quantitative estimate of drug-likeness (QED) is 0.530. The van der Waals surface area contributed by atoms with Gasteiger partial charge in [0, 0.05) is 17.8 Å². The van der Waals surface area contributed by atoms with E-state index in [2.05, 4.69) is 10.4 Å². The summed E-state index contributed by atoms with van der Waals surface area (Å²) in [4.78, 5) is 34.0. The summed E-state index contributed by atoms with van der Waals surface area (Å²) in [5.41, 5.74) is -3.30. The number of nitro benzene ring substituents is 1. The molecule has 0 saturated heterocycles. The molecule has 0 aliphatic rings. The van der Waals surface area contributed by atoms with Crippen molar-refractivity contribution in [2.24, 2.45) is 0 Å². The monoisotopic (exact) mass is 404 g/mol. The number of hydrogen-bond acceptors (Lipinski definition) is 5. The lowest BCUT2D eigenvalue weighted by Gasteiger charge is -2.11. The first kappa shape index (κ1) is 19.7. The number of rotatable bonds is 4. The van der Waals surface area contributed by atoms with E-state index < -0.39 is 33.8 Å². The predicted molar refractivity (Wildman–Crippen MR) is 95.9 cm³/mol. The topological polar surface area (TPSA) is 107 Å². The molecule has 1 aromatic heterocycles. The SMILES string of the molecule is O=C(Nc1ccc([N+](=O)[O-])c(C(F)(F)F)c1)c1ccc(=O)n(-c2ccccc2)n1. The fraction of sp³-hybridized carbons (Fsp3) is 0.0556. The van der Waals surface area contributed by atoms with E-state index >= 15 is 0 Å². The summed E-state index contributed by atoms with van der Waals surface area (Å²) in [5, 5.41) is 16.9. The van der Waals surface area contributed by atoms with Crippen LogP contribution in [0.2, 0.25) is 0 Å². The van der Waals surface area contributed by atoms with Crippen LogP contribution in [0.15, 0.2) is 65.5 Å². The largest absolute Gasteiger partial charge is 0.423 e. The highest BCUT2D eigenvalue weighted by Crippen LogP contribution is 2.37. The number of nitrogens with zero attached hydrogens (tertiary/aromatic N) is 3. The van der Waals surface area contributed by atoms with Crippen LogP contribution < -0.4 is 10.9 Å². The Bertz CT molecular complexity index is 1140. The number of amides is 1. The lowest BCUT2D eigenvalue weighted by molar-refractivity contribution is -0.388. The molecule has 0 saturated carbocycles. The van der Waals surface area contributed by atoms with Crippen molar-refractivity contribution in [1.29, 1.82) is 0 Å². The molecule has 11 heteroatoms. The highest BCUT2D eigenvalue weighted by atomic mass is 19.4. The Morgan fingerprint density at radius 1 is 1.07 bits per heavy atom. The number of para-hydroxylation sites is 1. The van der Waals surface area contributed by atoms with Crippen LogP contribution in [0.4, 0.5) is 24.5 Å². The van der Waals surface area contributed by atoms with E-state index in [1.807, 2.05) is 0 Å². The van der Waals surface area contributed by atoms with Gasteiger partial charge in [0.25, 0.3) is 17.2 Å². The molecule has 3 rings (SSSR count). The second-order valence-electron chi connectivity index (χ2n) is 5.75. The van der Waals surface area contributed by atoms with E-state index in [1.54, 1.807) is 30.3 Å². The molecule has 0 atom stereocenters. The molecular formula is C18H11F3N4O4. The summed E-state index contributed by atoms with van der Waals surface area (Å²) in [5.74, 6) is -0.892. The normalized spacial score (nSPS) is 11.1. The van der Waals surface area contributed by atoms with Gasteiger partial charge in [-0.3, -0.25) is 19.7 Å². The Kier molecular flexibility index (Phi) is 5.13. The first-order valence-electron chi connectivity index (χ1n) is 7.99. The second-order valence-corrected chi connectivity index (χ2v) is 5.75. The van der Waals surface area contributed by atoms with Crippen molar-refractivity contribution in [2.75, 3.05) is 5.32 Å². The van der Waals surface area contributed by atoms with Gasteiger partial charge in [0.1, 0.15) is 11.3 Å². The minimum absolute atomic E-state index is 0.236. The average Bonchev–Trinajstić information content (AvgIpc) is 2.68. The van der Waals surface area contributed by atoms with Gasteiger partial charge in [0.2, 0.25) is 0 Å². The molecule has 2 aromatic carbocycles. The highest BCUT2D eigenvalue weighted by Gasteiger charge is 2.38. The van der Waals surface area contributed by atoms with Crippen LogP contribution in [-0.4, -0.2) is 20.6 Å². The molecule has 3 aromatic rings. The third kappa shape index (κ3) is 4.29. The smallest absolute Gasteiger partial charge is 0.321 e. The second kappa shape index (κ2) is 7.54. The molecule has 0 bridgehead atoms. The summed E-state index contributed by atoms with van der Waals surface area (Å²) in [6.45, 7) is 0. The number of halogens is 3. The lowest BCUT2D eigenvalue weighted by atomic mass is 10.1. The minimum Gasteiger partial charge on any atom is -0.321 e. The number of carbonyl (C=O) groups excluding carboxylic acids is 1. The van der Waals surface area contributed by atoms with E-state index in [9.17, 15) is 32.9 Å². The molecule has 29 heavy (non-hydrogen) atoms. The van der Waals surface area contributed by atoms with Crippen LogP contribution >= 0.6 is 0 Å². The van der Waals surface area contributed by atoms with E-state index in [0.29, 0.717) is 17.8 Å². The fourth-order valence-electron chi connectivity index (χ4n) is 2.48. The third-order valence-corrected chi connectivity index (χ3v) is 3.79. The standard InChI is InChI=1S/C18H11F3N4O4/c19-18(20,21)13-10-11(6-8-15(13)25(28)29)22-17(27)14-7-9-16(26)24(23-14)12-4-2-1-3-5-12/h1-10H,(H,22,27). The Morgan fingerprint density at radius 2 is 1.76 bits per heavy atom. The van der Waals surface area contributed by atoms with Crippen molar-refractivity contribution < 1.29 is 22.9 Å². The van der Waals surface area contributed by atoms with Crippen LogP contribution in [0.1, 0.15) is 16.1 Å². The van der Waals surface area contributed by atoms with Gasteiger partial charge < -0.3 is 5.32 Å². The van der Waals surface area contributed by atoms with Gasteiger partial charge >= 0.3 is 6.18 Å².